The van der Waals surface area contributed by atoms with E-state index in [0.717, 1.165) is 32.2 Å². The minimum absolute atomic E-state index is 0.203. The lowest BCUT2D eigenvalue weighted by Gasteiger charge is -2.13. The Kier molecular flexibility index (Phi) is 5.32. The average molecular weight is 447 g/mol. The second-order valence-electron chi connectivity index (χ2n) is 6.69. The van der Waals surface area contributed by atoms with Gasteiger partial charge < -0.3 is 10.1 Å². The standard InChI is InChI=1S/C24H19BrN2O2/c1-15-6-5-7-18-19(24(28)27-20-8-3-4-9-22(20)29-2)14-21(26-23(15)18)16-10-12-17(25)13-11-16/h3-14H,1-2H3,(H,27,28). The van der Waals surface area contributed by atoms with Crippen molar-refractivity contribution in [2.24, 2.45) is 0 Å². The van der Waals surface area contributed by atoms with Crippen LogP contribution < -0.4 is 10.1 Å². The molecule has 0 aliphatic rings. The van der Waals surface area contributed by atoms with Crippen molar-refractivity contribution in [3.05, 3.63) is 88.4 Å². The summed E-state index contributed by atoms with van der Waals surface area (Å²) in [6, 6.07) is 23.0. The molecule has 0 radical (unpaired) electrons. The second-order valence-corrected chi connectivity index (χ2v) is 7.60. The summed E-state index contributed by atoms with van der Waals surface area (Å²) in [5, 5.41) is 3.80. The Balaban J connectivity index is 1.85. The van der Waals surface area contributed by atoms with Crippen molar-refractivity contribution in [1.82, 2.24) is 4.98 Å². The lowest BCUT2D eigenvalue weighted by Crippen LogP contribution is -2.14. The highest BCUT2D eigenvalue weighted by Gasteiger charge is 2.16. The number of aromatic nitrogens is 1. The van der Waals surface area contributed by atoms with E-state index in [-0.39, 0.29) is 5.91 Å². The fourth-order valence-electron chi connectivity index (χ4n) is 3.29. The lowest BCUT2D eigenvalue weighted by molar-refractivity contribution is 0.102. The molecule has 0 fully saturated rings. The van der Waals surface area contributed by atoms with Gasteiger partial charge in [-0.15, -0.1) is 0 Å². The van der Waals surface area contributed by atoms with Crippen LogP contribution in [-0.4, -0.2) is 18.0 Å². The zero-order chi connectivity index (χ0) is 20.4. The van der Waals surface area contributed by atoms with Crippen LogP contribution in [0.25, 0.3) is 22.2 Å². The maximum Gasteiger partial charge on any atom is 0.256 e. The summed E-state index contributed by atoms with van der Waals surface area (Å²) in [7, 11) is 1.59. The number of para-hydroxylation sites is 3. The smallest absolute Gasteiger partial charge is 0.256 e. The number of amides is 1. The van der Waals surface area contributed by atoms with Gasteiger partial charge in [-0.3, -0.25) is 4.79 Å². The molecule has 1 aromatic heterocycles. The number of halogens is 1. The summed E-state index contributed by atoms with van der Waals surface area (Å²) in [6.45, 7) is 2.00. The Hall–Kier alpha value is -3.18. The van der Waals surface area contributed by atoms with Gasteiger partial charge in [0.2, 0.25) is 0 Å². The minimum Gasteiger partial charge on any atom is -0.495 e. The highest BCUT2D eigenvalue weighted by molar-refractivity contribution is 9.10. The number of pyridine rings is 1. The van der Waals surface area contributed by atoms with Gasteiger partial charge in [0.25, 0.3) is 5.91 Å². The molecule has 0 bridgehead atoms. The number of nitrogens with one attached hydrogen (secondary N) is 1. The zero-order valence-electron chi connectivity index (χ0n) is 16.1. The first kappa shape index (κ1) is 19.2. The Morgan fingerprint density at radius 2 is 1.76 bits per heavy atom. The van der Waals surface area contributed by atoms with Crippen LogP contribution in [-0.2, 0) is 0 Å². The van der Waals surface area contributed by atoms with Crippen molar-refractivity contribution in [3.63, 3.8) is 0 Å². The fraction of sp³-hybridized carbons (Fsp3) is 0.0833. The van der Waals surface area contributed by atoms with Gasteiger partial charge in [-0.25, -0.2) is 4.98 Å². The molecule has 3 aromatic carbocycles. The molecule has 1 heterocycles. The number of fused-ring (bicyclic) bond motifs is 1. The highest BCUT2D eigenvalue weighted by Crippen LogP contribution is 2.29. The van der Waals surface area contributed by atoms with E-state index in [1.165, 1.54) is 0 Å². The molecule has 4 rings (SSSR count). The molecule has 1 N–H and O–H groups in total. The molecule has 0 unspecified atom stereocenters. The Labute approximate surface area is 177 Å². The molecule has 0 atom stereocenters. The lowest BCUT2D eigenvalue weighted by atomic mass is 10.0. The van der Waals surface area contributed by atoms with Gasteiger partial charge in [0.1, 0.15) is 5.75 Å². The molecule has 0 aliphatic carbocycles. The summed E-state index contributed by atoms with van der Waals surface area (Å²) in [5.41, 5.74) is 4.74. The summed E-state index contributed by atoms with van der Waals surface area (Å²) in [6.07, 6.45) is 0. The maximum atomic E-state index is 13.2. The molecule has 0 saturated heterocycles. The number of ether oxygens (including phenoxy) is 1. The summed E-state index contributed by atoms with van der Waals surface area (Å²) < 4.78 is 6.35. The predicted molar refractivity (Wildman–Crippen MR) is 121 cm³/mol. The number of benzene rings is 3. The van der Waals surface area contributed by atoms with E-state index in [1.54, 1.807) is 7.11 Å². The average Bonchev–Trinajstić information content (AvgIpc) is 2.74. The normalized spacial score (nSPS) is 10.7. The molecule has 0 saturated carbocycles. The number of anilines is 1. The van der Waals surface area contributed by atoms with E-state index in [9.17, 15) is 4.79 Å². The number of carbonyl (C=O) groups excluding carboxylic acids is 1. The topological polar surface area (TPSA) is 51.2 Å². The molecular weight excluding hydrogens is 428 g/mol. The summed E-state index contributed by atoms with van der Waals surface area (Å²) in [5.74, 6) is 0.411. The van der Waals surface area contributed by atoms with Gasteiger partial charge in [-0.1, -0.05) is 58.4 Å². The van der Waals surface area contributed by atoms with Gasteiger partial charge in [0, 0.05) is 15.4 Å². The molecule has 5 heteroatoms. The number of methoxy groups -OCH3 is 1. The second kappa shape index (κ2) is 8.05. The third-order valence-electron chi connectivity index (χ3n) is 4.78. The first-order chi connectivity index (χ1) is 14.1. The molecule has 4 nitrogen and oxygen atoms in total. The van der Waals surface area contributed by atoms with Crippen LogP contribution in [0.3, 0.4) is 0 Å². The van der Waals surface area contributed by atoms with Crippen LogP contribution in [0.4, 0.5) is 5.69 Å². The molecule has 0 aliphatic heterocycles. The van der Waals surface area contributed by atoms with Gasteiger partial charge >= 0.3 is 0 Å². The highest BCUT2D eigenvalue weighted by atomic mass is 79.9. The van der Waals surface area contributed by atoms with Gasteiger partial charge in [-0.05, 0) is 42.8 Å². The van der Waals surface area contributed by atoms with Crippen molar-refractivity contribution in [2.45, 2.75) is 6.92 Å². The van der Waals surface area contributed by atoms with E-state index in [0.29, 0.717) is 17.0 Å². The van der Waals surface area contributed by atoms with Crippen LogP contribution >= 0.6 is 15.9 Å². The van der Waals surface area contributed by atoms with Crippen molar-refractivity contribution in [1.29, 1.82) is 0 Å². The predicted octanol–water partition coefficient (Wildman–Crippen LogP) is 6.23. The number of hydrogen-bond acceptors (Lipinski definition) is 3. The SMILES string of the molecule is COc1ccccc1NC(=O)c1cc(-c2ccc(Br)cc2)nc2c(C)cccc12. The number of carbonyl (C=O) groups is 1. The minimum atomic E-state index is -0.203. The van der Waals surface area contributed by atoms with Crippen LogP contribution in [0.5, 0.6) is 5.75 Å². The first-order valence-corrected chi connectivity index (χ1v) is 9.97. The summed E-state index contributed by atoms with van der Waals surface area (Å²) >= 11 is 3.46. The Morgan fingerprint density at radius 3 is 2.52 bits per heavy atom. The van der Waals surface area contributed by atoms with Gasteiger partial charge in [0.05, 0.1) is 29.6 Å². The van der Waals surface area contributed by atoms with E-state index >= 15 is 0 Å². The number of aryl methyl sites for hydroxylation is 1. The third kappa shape index (κ3) is 3.87. The van der Waals surface area contributed by atoms with E-state index in [1.807, 2.05) is 79.7 Å². The van der Waals surface area contributed by atoms with Crippen LogP contribution in [0.15, 0.2) is 77.3 Å². The van der Waals surface area contributed by atoms with Crippen molar-refractivity contribution in [3.8, 4) is 17.0 Å². The first-order valence-electron chi connectivity index (χ1n) is 9.17. The molecule has 4 aromatic rings. The number of rotatable bonds is 4. The third-order valence-corrected chi connectivity index (χ3v) is 5.31. The van der Waals surface area contributed by atoms with E-state index in [2.05, 4.69) is 21.2 Å². The molecular formula is C24H19BrN2O2. The molecule has 29 heavy (non-hydrogen) atoms. The number of nitrogens with zero attached hydrogens (tertiary/aromatic N) is 1. The van der Waals surface area contributed by atoms with E-state index in [4.69, 9.17) is 9.72 Å². The Morgan fingerprint density at radius 1 is 1.00 bits per heavy atom. The summed E-state index contributed by atoms with van der Waals surface area (Å²) in [4.78, 5) is 18.1. The molecule has 1 amide bonds. The van der Waals surface area contributed by atoms with Gasteiger partial charge in [0.15, 0.2) is 0 Å². The van der Waals surface area contributed by atoms with Crippen LogP contribution in [0, 0.1) is 6.92 Å². The fourth-order valence-corrected chi connectivity index (χ4v) is 3.55. The maximum absolute atomic E-state index is 13.2. The quantitative estimate of drug-likeness (QED) is 0.403. The Bertz CT molecular complexity index is 1200. The van der Waals surface area contributed by atoms with Crippen molar-refractivity contribution in [2.75, 3.05) is 12.4 Å². The van der Waals surface area contributed by atoms with Crippen molar-refractivity contribution >= 4 is 38.4 Å². The zero-order valence-corrected chi connectivity index (χ0v) is 17.7. The van der Waals surface area contributed by atoms with Gasteiger partial charge in [-0.2, -0.15) is 0 Å². The van der Waals surface area contributed by atoms with Crippen molar-refractivity contribution < 1.29 is 9.53 Å². The largest absolute Gasteiger partial charge is 0.495 e. The number of hydrogen-bond donors (Lipinski definition) is 1. The van der Waals surface area contributed by atoms with Crippen LogP contribution in [0.2, 0.25) is 0 Å². The van der Waals surface area contributed by atoms with Crippen LogP contribution in [0.1, 0.15) is 15.9 Å². The van der Waals surface area contributed by atoms with E-state index < -0.39 is 0 Å². The molecule has 0 spiro atoms. The molecule has 144 valence electrons. The monoisotopic (exact) mass is 446 g/mol.